The molecule has 0 bridgehead atoms. The van der Waals surface area contributed by atoms with Gasteiger partial charge in [0.1, 0.15) is 0 Å². The van der Waals surface area contributed by atoms with Crippen molar-refractivity contribution in [3.63, 3.8) is 0 Å². The van der Waals surface area contributed by atoms with Crippen molar-refractivity contribution in [1.29, 1.82) is 0 Å². The molecule has 0 aromatic heterocycles. The summed E-state index contributed by atoms with van der Waals surface area (Å²) in [6, 6.07) is 5.58. The molecule has 0 aliphatic heterocycles. The van der Waals surface area contributed by atoms with Gasteiger partial charge < -0.3 is 16.4 Å². The molecule has 94 valence electrons. The van der Waals surface area contributed by atoms with Crippen LogP contribution in [0, 0.1) is 6.92 Å². The fourth-order valence-electron chi connectivity index (χ4n) is 1.52. The Morgan fingerprint density at radius 3 is 2.53 bits per heavy atom. The minimum atomic E-state index is -0.199. The van der Waals surface area contributed by atoms with E-state index in [1.807, 2.05) is 45.9 Å². The maximum atomic E-state index is 11.6. The maximum Gasteiger partial charge on any atom is 0.239 e. The van der Waals surface area contributed by atoms with Crippen LogP contribution in [0.15, 0.2) is 18.2 Å². The highest BCUT2D eigenvalue weighted by Gasteiger charge is 2.13. The zero-order valence-electron chi connectivity index (χ0n) is 10.9. The highest BCUT2D eigenvalue weighted by atomic mass is 16.2. The van der Waals surface area contributed by atoms with E-state index in [0.29, 0.717) is 0 Å². The predicted octanol–water partition coefficient (Wildman–Crippen LogP) is 1.90. The van der Waals surface area contributed by atoms with Crippen LogP contribution in [0.5, 0.6) is 0 Å². The lowest BCUT2D eigenvalue weighted by atomic mass is 10.1. The van der Waals surface area contributed by atoms with Crippen LogP contribution in [0.25, 0.3) is 0 Å². The average molecular weight is 235 g/mol. The molecule has 0 saturated carbocycles. The summed E-state index contributed by atoms with van der Waals surface area (Å²) in [5.74, 6) is -0.0197. The van der Waals surface area contributed by atoms with Gasteiger partial charge in [0.25, 0.3) is 0 Å². The van der Waals surface area contributed by atoms with Gasteiger partial charge in [0.15, 0.2) is 0 Å². The van der Waals surface area contributed by atoms with Gasteiger partial charge in [-0.3, -0.25) is 4.79 Å². The fourth-order valence-corrected chi connectivity index (χ4v) is 1.52. The Kier molecular flexibility index (Phi) is 3.99. The summed E-state index contributed by atoms with van der Waals surface area (Å²) in [4.78, 5) is 11.6. The first-order valence-electron chi connectivity index (χ1n) is 5.69. The molecule has 0 fully saturated rings. The third kappa shape index (κ3) is 4.76. The molecule has 0 radical (unpaired) electrons. The summed E-state index contributed by atoms with van der Waals surface area (Å²) in [5, 5.41) is 5.99. The molecule has 4 heteroatoms. The smallest absolute Gasteiger partial charge is 0.239 e. The number of carbonyl (C=O) groups excluding carboxylic acids is 1. The summed E-state index contributed by atoms with van der Waals surface area (Å²) in [5.41, 5.74) is 8.16. The van der Waals surface area contributed by atoms with Crippen LogP contribution in [0.1, 0.15) is 26.3 Å². The molecule has 1 aromatic carbocycles. The van der Waals surface area contributed by atoms with Crippen LogP contribution in [0.4, 0.5) is 11.4 Å². The number of carbonyl (C=O) groups is 1. The quantitative estimate of drug-likeness (QED) is 0.701. The van der Waals surface area contributed by atoms with Crippen molar-refractivity contribution in [3.05, 3.63) is 23.8 Å². The van der Waals surface area contributed by atoms with Gasteiger partial charge in [-0.05, 0) is 51.5 Å². The van der Waals surface area contributed by atoms with Crippen molar-refractivity contribution in [2.75, 3.05) is 17.6 Å². The number of anilines is 2. The van der Waals surface area contributed by atoms with Crippen molar-refractivity contribution in [2.45, 2.75) is 33.2 Å². The van der Waals surface area contributed by atoms with Crippen LogP contribution in [0.3, 0.4) is 0 Å². The summed E-state index contributed by atoms with van der Waals surface area (Å²) >= 11 is 0. The van der Waals surface area contributed by atoms with Crippen molar-refractivity contribution >= 4 is 17.3 Å². The molecular weight excluding hydrogens is 214 g/mol. The second-order valence-corrected chi connectivity index (χ2v) is 5.23. The van der Waals surface area contributed by atoms with Gasteiger partial charge >= 0.3 is 0 Å². The van der Waals surface area contributed by atoms with Crippen LogP contribution >= 0.6 is 0 Å². The maximum absolute atomic E-state index is 11.6. The number of rotatable bonds is 3. The molecule has 0 atom stereocenters. The van der Waals surface area contributed by atoms with Crippen molar-refractivity contribution in [1.82, 2.24) is 5.32 Å². The largest absolute Gasteiger partial charge is 0.399 e. The first-order chi connectivity index (χ1) is 7.78. The van der Waals surface area contributed by atoms with Crippen LogP contribution in [0.2, 0.25) is 0 Å². The van der Waals surface area contributed by atoms with E-state index in [2.05, 4.69) is 10.6 Å². The molecule has 0 unspecified atom stereocenters. The molecule has 4 N–H and O–H groups in total. The third-order valence-corrected chi connectivity index (χ3v) is 2.20. The van der Waals surface area contributed by atoms with E-state index in [1.165, 1.54) is 0 Å². The minimum Gasteiger partial charge on any atom is -0.399 e. The number of benzene rings is 1. The van der Waals surface area contributed by atoms with Gasteiger partial charge in [0.2, 0.25) is 5.91 Å². The molecule has 1 aromatic rings. The minimum absolute atomic E-state index is 0.0197. The molecular formula is C13H21N3O. The second-order valence-electron chi connectivity index (χ2n) is 5.23. The number of nitrogen functional groups attached to an aromatic ring is 1. The lowest BCUT2D eigenvalue weighted by molar-refractivity contribution is -0.120. The number of amides is 1. The normalized spacial score (nSPS) is 11.1. The van der Waals surface area contributed by atoms with Crippen molar-refractivity contribution < 1.29 is 4.79 Å². The molecule has 0 spiro atoms. The van der Waals surface area contributed by atoms with Gasteiger partial charge in [-0.25, -0.2) is 0 Å². The molecule has 0 aliphatic rings. The van der Waals surface area contributed by atoms with E-state index in [0.717, 1.165) is 16.9 Å². The summed E-state index contributed by atoms with van der Waals surface area (Å²) in [7, 11) is 0. The summed E-state index contributed by atoms with van der Waals surface area (Å²) in [6.45, 7) is 8.10. The van der Waals surface area contributed by atoms with E-state index in [-0.39, 0.29) is 18.0 Å². The predicted molar refractivity (Wildman–Crippen MR) is 72.0 cm³/mol. The number of hydrogen-bond acceptors (Lipinski definition) is 3. The van der Waals surface area contributed by atoms with Crippen LogP contribution in [-0.2, 0) is 4.79 Å². The first-order valence-corrected chi connectivity index (χ1v) is 5.69. The summed E-state index contributed by atoms with van der Waals surface area (Å²) < 4.78 is 0. The Morgan fingerprint density at radius 2 is 2.00 bits per heavy atom. The van der Waals surface area contributed by atoms with E-state index >= 15 is 0 Å². The Hall–Kier alpha value is -1.71. The first kappa shape index (κ1) is 13.4. The molecule has 0 heterocycles. The molecule has 0 aliphatic carbocycles. The number of hydrogen-bond donors (Lipinski definition) is 3. The zero-order chi connectivity index (χ0) is 13.1. The molecule has 17 heavy (non-hydrogen) atoms. The van der Waals surface area contributed by atoms with Gasteiger partial charge in [0.05, 0.1) is 6.54 Å². The van der Waals surface area contributed by atoms with Gasteiger partial charge in [-0.1, -0.05) is 0 Å². The van der Waals surface area contributed by atoms with Gasteiger partial charge in [0, 0.05) is 16.9 Å². The number of nitrogens with two attached hydrogens (primary N) is 1. The van der Waals surface area contributed by atoms with Crippen molar-refractivity contribution in [2.24, 2.45) is 0 Å². The lowest BCUT2D eigenvalue weighted by Gasteiger charge is -2.21. The Balaban J connectivity index is 2.53. The Bertz CT molecular complexity index is 408. The topological polar surface area (TPSA) is 67.1 Å². The number of aryl methyl sites for hydroxylation is 1. The highest BCUT2D eigenvalue weighted by Crippen LogP contribution is 2.17. The average Bonchev–Trinajstić information content (AvgIpc) is 2.13. The van der Waals surface area contributed by atoms with E-state index in [9.17, 15) is 4.79 Å². The molecule has 1 rings (SSSR count). The van der Waals surface area contributed by atoms with Crippen molar-refractivity contribution in [3.8, 4) is 0 Å². The fraction of sp³-hybridized carbons (Fsp3) is 0.462. The molecule has 0 saturated heterocycles. The Morgan fingerprint density at radius 1 is 1.35 bits per heavy atom. The summed E-state index contributed by atoms with van der Waals surface area (Å²) in [6.07, 6.45) is 0. The zero-order valence-corrected chi connectivity index (χ0v) is 10.9. The second kappa shape index (κ2) is 5.08. The van der Waals surface area contributed by atoms with Gasteiger partial charge in [-0.2, -0.15) is 0 Å². The number of nitrogens with one attached hydrogen (secondary N) is 2. The van der Waals surface area contributed by atoms with Gasteiger partial charge in [-0.15, -0.1) is 0 Å². The van der Waals surface area contributed by atoms with Crippen LogP contribution < -0.4 is 16.4 Å². The SMILES string of the molecule is Cc1cc(N)ccc1NCC(=O)NC(C)(C)C. The molecule has 4 nitrogen and oxygen atoms in total. The van der Waals surface area contributed by atoms with E-state index in [1.54, 1.807) is 0 Å². The van der Waals surface area contributed by atoms with E-state index < -0.39 is 0 Å². The lowest BCUT2D eigenvalue weighted by Crippen LogP contribution is -2.43. The molecule has 1 amide bonds. The third-order valence-electron chi connectivity index (χ3n) is 2.20. The highest BCUT2D eigenvalue weighted by molar-refractivity contribution is 5.81. The van der Waals surface area contributed by atoms with E-state index in [4.69, 9.17) is 5.73 Å². The van der Waals surface area contributed by atoms with Crippen LogP contribution in [-0.4, -0.2) is 18.0 Å². The Labute approximate surface area is 103 Å². The standard InChI is InChI=1S/C13H21N3O/c1-9-7-10(14)5-6-11(9)15-8-12(17)16-13(2,3)4/h5-7,15H,8,14H2,1-4H3,(H,16,17). The monoisotopic (exact) mass is 235 g/mol.